The molecule has 0 bridgehead atoms. The van der Waals surface area contributed by atoms with E-state index in [9.17, 15) is 17.2 Å². The summed E-state index contributed by atoms with van der Waals surface area (Å²) in [6.45, 7) is -0.205. The minimum Gasteiger partial charge on any atom is -0.206 e. The average molecular weight is 198 g/mol. The Morgan fingerprint density at radius 1 is 1.58 bits per heavy atom. The van der Waals surface area contributed by atoms with Crippen LogP contribution in [0.25, 0.3) is 0 Å². The summed E-state index contributed by atoms with van der Waals surface area (Å²) in [6.07, 6.45) is -0.0948. The van der Waals surface area contributed by atoms with E-state index >= 15 is 0 Å². The number of hydrogen-bond acceptors (Lipinski definition) is 3. The van der Waals surface area contributed by atoms with Crippen molar-refractivity contribution in [1.29, 1.82) is 5.26 Å². The molecule has 0 fully saturated rings. The lowest BCUT2D eigenvalue weighted by Gasteiger charge is -2.13. The van der Waals surface area contributed by atoms with Crippen LogP contribution in [0.1, 0.15) is 6.42 Å². The average Bonchev–Trinajstić information content (AvgIpc) is 1.99. The topological polar surface area (TPSA) is 61.2 Å². The fourth-order valence-corrected chi connectivity index (χ4v) is 1.09. The third-order valence-electron chi connectivity index (χ3n) is 1.20. The maximum atomic E-state index is 11.8. The van der Waals surface area contributed by atoms with Crippen molar-refractivity contribution in [3.8, 4) is 6.07 Å². The monoisotopic (exact) mass is 198 g/mol. The van der Waals surface area contributed by atoms with Crippen molar-refractivity contribution in [3.63, 3.8) is 0 Å². The minimum atomic E-state index is -4.50. The number of halogens is 2. The fourth-order valence-electron chi connectivity index (χ4n) is 0.471. The van der Waals surface area contributed by atoms with Crippen molar-refractivity contribution in [2.24, 2.45) is 0 Å². The van der Waals surface area contributed by atoms with Gasteiger partial charge in [0, 0.05) is 20.0 Å². The van der Waals surface area contributed by atoms with Gasteiger partial charge in [0.25, 0.3) is 10.0 Å². The summed E-state index contributed by atoms with van der Waals surface area (Å²) in [5, 5.41) is 8.06. The van der Waals surface area contributed by atoms with Crippen molar-refractivity contribution < 1.29 is 17.2 Å². The van der Waals surface area contributed by atoms with Gasteiger partial charge in [-0.2, -0.15) is 18.3 Å². The Hall–Kier alpha value is -0.740. The van der Waals surface area contributed by atoms with Crippen molar-refractivity contribution in [2.45, 2.75) is 12.2 Å². The Bertz CT molecular complexity index is 270. The highest BCUT2D eigenvalue weighted by Gasteiger charge is 2.28. The number of hydrogen-bond donors (Lipinski definition) is 0. The zero-order valence-electron chi connectivity index (χ0n) is 6.37. The van der Waals surface area contributed by atoms with Gasteiger partial charge in [-0.1, -0.05) is 0 Å². The lowest BCUT2D eigenvalue weighted by molar-refractivity contribution is 0.223. The lowest BCUT2D eigenvalue weighted by Crippen LogP contribution is -2.32. The highest BCUT2D eigenvalue weighted by Crippen LogP contribution is 2.09. The van der Waals surface area contributed by atoms with E-state index < -0.39 is 15.8 Å². The van der Waals surface area contributed by atoms with Gasteiger partial charge in [-0.15, -0.1) is 0 Å². The van der Waals surface area contributed by atoms with Crippen molar-refractivity contribution in [3.05, 3.63) is 0 Å². The van der Waals surface area contributed by atoms with E-state index in [2.05, 4.69) is 0 Å². The molecule has 70 valence electrons. The van der Waals surface area contributed by atoms with Gasteiger partial charge in [-0.25, -0.2) is 8.42 Å². The summed E-state index contributed by atoms with van der Waals surface area (Å²) in [7, 11) is -3.49. The molecule has 4 nitrogen and oxygen atoms in total. The van der Waals surface area contributed by atoms with Crippen LogP contribution < -0.4 is 0 Å². The summed E-state index contributed by atoms with van der Waals surface area (Å²) < 4.78 is 45.2. The molecule has 0 N–H and O–H groups in total. The second-order valence-electron chi connectivity index (χ2n) is 2.04. The summed E-state index contributed by atoms with van der Waals surface area (Å²) in [6, 6.07) is 1.66. The van der Waals surface area contributed by atoms with Crippen LogP contribution in [0.4, 0.5) is 8.78 Å². The molecule has 0 aromatic carbocycles. The highest BCUT2D eigenvalue weighted by atomic mass is 32.2. The first-order chi connectivity index (χ1) is 5.42. The zero-order chi connectivity index (χ0) is 9.78. The van der Waals surface area contributed by atoms with Gasteiger partial charge in [0.05, 0.1) is 6.07 Å². The van der Waals surface area contributed by atoms with Crippen molar-refractivity contribution in [2.75, 3.05) is 13.6 Å². The first-order valence-electron chi connectivity index (χ1n) is 3.03. The third-order valence-corrected chi connectivity index (χ3v) is 2.70. The second-order valence-corrected chi connectivity index (χ2v) is 4.04. The van der Waals surface area contributed by atoms with E-state index in [0.717, 1.165) is 7.05 Å². The molecule has 0 unspecified atom stereocenters. The zero-order valence-corrected chi connectivity index (χ0v) is 7.18. The smallest absolute Gasteiger partial charge is 0.206 e. The van der Waals surface area contributed by atoms with E-state index in [-0.39, 0.29) is 13.0 Å². The molecule has 0 aliphatic heterocycles. The molecule has 0 saturated heterocycles. The molecular formula is C5H8F2N2O2S. The van der Waals surface area contributed by atoms with Gasteiger partial charge in [0.15, 0.2) is 0 Å². The molecule has 0 saturated carbocycles. The summed E-state index contributed by atoms with van der Waals surface area (Å²) in [5.41, 5.74) is 0. The number of nitriles is 1. The van der Waals surface area contributed by atoms with E-state index in [4.69, 9.17) is 5.26 Å². The fraction of sp³-hybridized carbons (Fsp3) is 0.800. The van der Waals surface area contributed by atoms with Crippen LogP contribution in [0.3, 0.4) is 0 Å². The van der Waals surface area contributed by atoms with Crippen LogP contribution in [0.5, 0.6) is 0 Å². The van der Waals surface area contributed by atoms with Crippen LogP contribution in [0.2, 0.25) is 0 Å². The quantitative estimate of drug-likeness (QED) is 0.656. The van der Waals surface area contributed by atoms with E-state index in [1.165, 1.54) is 0 Å². The van der Waals surface area contributed by atoms with Crippen LogP contribution in [-0.4, -0.2) is 32.1 Å². The van der Waals surface area contributed by atoms with Crippen molar-refractivity contribution >= 4 is 10.0 Å². The maximum Gasteiger partial charge on any atom is 0.350 e. The predicted octanol–water partition coefficient (Wildman–Crippen LogP) is 0.384. The molecule has 0 aromatic heterocycles. The summed E-state index contributed by atoms with van der Waals surface area (Å²) in [5.74, 6) is -3.42. The molecule has 7 heteroatoms. The van der Waals surface area contributed by atoms with Crippen LogP contribution in [-0.2, 0) is 10.0 Å². The SMILES string of the molecule is CN(CCC#N)S(=O)(=O)C(F)F. The lowest BCUT2D eigenvalue weighted by atomic mass is 10.5. The molecule has 0 atom stereocenters. The number of rotatable bonds is 4. The van der Waals surface area contributed by atoms with Gasteiger partial charge in [-0.3, -0.25) is 0 Å². The summed E-state index contributed by atoms with van der Waals surface area (Å²) >= 11 is 0. The highest BCUT2D eigenvalue weighted by molar-refractivity contribution is 7.89. The van der Waals surface area contributed by atoms with Gasteiger partial charge < -0.3 is 0 Å². The van der Waals surface area contributed by atoms with Crippen LogP contribution >= 0.6 is 0 Å². The number of alkyl halides is 2. The Morgan fingerprint density at radius 3 is 2.42 bits per heavy atom. The van der Waals surface area contributed by atoms with Gasteiger partial charge in [0.1, 0.15) is 0 Å². The predicted molar refractivity (Wildman–Crippen MR) is 37.8 cm³/mol. The molecule has 0 radical (unpaired) electrons. The normalized spacial score (nSPS) is 12.0. The molecule has 0 spiro atoms. The van der Waals surface area contributed by atoms with Crippen LogP contribution in [0, 0.1) is 11.3 Å². The minimum absolute atomic E-state index is 0.0948. The van der Waals surface area contributed by atoms with Gasteiger partial charge >= 0.3 is 5.76 Å². The van der Waals surface area contributed by atoms with Gasteiger partial charge in [0.2, 0.25) is 0 Å². The molecule has 12 heavy (non-hydrogen) atoms. The maximum absolute atomic E-state index is 11.8. The molecule has 0 heterocycles. The Balaban J connectivity index is 4.29. The Morgan fingerprint density at radius 2 is 2.08 bits per heavy atom. The second kappa shape index (κ2) is 4.33. The molecule has 0 amide bonds. The number of nitrogens with zero attached hydrogens (tertiary/aromatic N) is 2. The van der Waals surface area contributed by atoms with E-state index in [1.54, 1.807) is 6.07 Å². The first-order valence-corrected chi connectivity index (χ1v) is 4.53. The van der Waals surface area contributed by atoms with E-state index in [1.807, 2.05) is 0 Å². The van der Waals surface area contributed by atoms with Gasteiger partial charge in [-0.05, 0) is 0 Å². The first kappa shape index (κ1) is 11.3. The molecule has 0 aliphatic rings. The van der Waals surface area contributed by atoms with E-state index in [0.29, 0.717) is 4.31 Å². The molecular weight excluding hydrogens is 190 g/mol. The Labute approximate surface area is 69.4 Å². The largest absolute Gasteiger partial charge is 0.350 e. The Kier molecular flexibility index (Phi) is 4.06. The summed E-state index contributed by atoms with van der Waals surface area (Å²) in [4.78, 5) is 0. The van der Waals surface area contributed by atoms with Crippen LogP contribution in [0.15, 0.2) is 0 Å². The molecule has 0 aliphatic carbocycles. The standard InChI is InChI=1S/C5H8F2N2O2S/c1-9(4-2-3-8)12(10,11)5(6)7/h5H,2,4H2,1H3. The van der Waals surface area contributed by atoms with Crippen molar-refractivity contribution in [1.82, 2.24) is 4.31 Å². The molecule has 0 rings (SSSR count). The molecule has 0 aromatic rings. The number of sulfonamides is 1. The third kappa shape index (κ3) is 2.71.